The number of hydrogen-bond acceptors (Lipinski definition) is 6. The number of carbonyl (C=O) groups is 1. The highest BCUT2D eigenvalue weighted by molar-refractivity contribution is 7.13. The maximum atomic E-state index is 13.4. The predicted octanol–water partition coefficient (Wildman–Crippen LogP) is 2.57. The van der Waals surface area contributed by atoms with Gasteiger partial charge in [-0.1, -0.05) is 0 Å². The highest BCUT2D eigenvalue weighted by Gasteiger charge is 2.30. The van der Waals surface area contributed by atoms with E-state index >= 15 is 0 Å². The van der Waals surface area contributed by atoms with Gasteiger partial charge in [-0.15, -0.1) is 11.3 Å². The van der Waals surface area contributed by atoms with Crippen LogP contribution in [-0.4, -0.2) is 39.3 Å². The molecule has 1 aliphatic rings. The number of rotatable bonds is 7. The van der Waals surface area contributed by atoms with Crippen molar-refractivity contribution in [3.8, 4) is 10.6 Å². The second-order valence-electron chi connectivity index (χ2n) is 5.95. The number of carbonyl (C=O) groups excluding carboxylic acids is 1. The SMILES string of the molecule is CC(N=C(/C(=C\N)NC(=O)c1csc(-c2cn[nH]c2)n1)C(F)F)C1CC1. The van der Waals surface area contributed by atoms with Crippen molar-refractivity contribution in [1.82, 2.24) is 20.5 Å². The Morgan fingerprint density at radius 2 is 2.31 bits per heavy atom. The summed E-state index contributed by atoms with van der Waals surface area (Å²) in [7, 11) is 0. The Labute approximate surface area is 152 Å². The molecule has 0 aromatic carbocycles. The van der Waals surface area contributed by atoms with E-state index in [1.165, 1.54) is 16.7 Å². The van der Waals surface area contributed by atoms with Gasteiger partial charge in [0.1, 0.15) is 16.4 Å². The lowest BCUT2D eigenvalue weighted by molar-refractivity contribution is 0.0963. The van der Waals surface area contributed by atoms with Crippen LogP contribution in [0.3, 0.4) is 0 Å². The summed E-state index contributed by atoms with van der Waals surface area (Å²) in [6.45, 7) is 1.79. The van der Waals surface area contributed by atoms with Gasteiger partial charge in [0.25, 0.3) is 12.3 Å². The molecule has 0 spiro atoms. The van der Waals surface area contributed by atoms with Gasteiger partial charge in [0, 0.05) is 23.3 Å². The van der Waals surface area contributed by atoms with Crippen LogP contribution in [-0.2, 0) is 0 Å². The van der Waals surface area contributed by atoms with Crippen molar-refractivity contribution in [1.29, 1.82) is 0 Å². The topological polar surface area (TPSA) is 109 Å². The second-order valence-corrected chi connectivity index (χ2v) is 6.81. The number of nitrogens with one attached hydrogen (secondary N) is 2. The third-order valence-corrected chi connectivity index (χ3v) is 4.92. The van der Waals surface area contributed by atoms with Gasteiger partial charge in [0.15, 0.2) is 0 Å². The van der Waals surface area contributed by atoms with Crippen molar-refractivity contribution in [3.63, 3.8) is 0 Å². The van der Waals surface area contributed by atoms with Crippen molar-refractivity contribution in [2.24, 2.45) is 16.6 Å². The highest BCUT2D eigenvalue weighted by Crippen LogP contribution is 2.34. The number of aliphatic imine (C=N–C) groups is 1. The quantitative estimate of drug-likeness (QED) is 0.641. The van der Waals surface area contributed by atoms with Gasteiger partial charge >= 0.3 is 0 Å². The third kappa shape index (κ3) is 4.13. The normalized spacial score (nSPS) is 16.8. The molecule has 0 aliphatic heterocycles. The van der Waals surface area contributed by atoms with Crippen LogP contribution in [0.25, 0.3) is 10.6 Å². The van der Waals surface area contributed by atoms with Gasteiger partial charge in [0.05, 0.1) is 17.9 Å². The standard InChI is InChI=1S/C16H18F2N6OS/c1-8(9-2-3-9)22-13(14(17)18)11(4-19)23-15(25)12-7-26-16(24-12)10-5-20-21-6-10/h4-9,14H,2-3,19H2,1H3,(H,20,21)(H,23,25)/b11-4+,22-13?. The smallest absolute Gasteiger partial charge is 0.282 e. The first-order valence-corrected chi connectivity index (χ1v) is 8.91. The molecule has 0 bridgehead atoms. The van der Waals surface area contributed by atoms with E-state index in [1.54, 1.807) is 19.3 Å². The van der Waals surface area contributed by atoms with E-state index in [0.29, 0.717) is 10.9 Å². The molecular formula is C16H18F2N6OS. The largest absolute Gasteiger partial charge is 0.403 e. The number of amides is 1. The predicted molar refractivity (Wildman–Crippen MR) is 95.1 cm³/mol. The van der Waals surface area contributed by atoms with Crippen molar-refractivity contribution < 1.29 is 13.6 Å². The van der Waals surface area contributed by atoms with Gasteiger partial charge < -0.3 is 11.1 Å². The maximum Gasteiger partial charge on any atom is 0.282 e. The summed E-state index contributed by atoms with van der Waals surface area (Å²) in [6, 6.07) is -0.238. The maximum absolute atomic E-state index is 13.4. The lowest BCUT2D eigenvalue weighted by Gasteiger charge is -2.13. The molecule has 0 saturated heterocycles. The van der Waals surface area contributed by atoms with E-state index in [4.69, 9.17) is 5.73 Å². The number of alkyl halides is 2. The van der Waals surface area contributed by atoms with Crippen LogP contribution >= 0.6 is 11.3 Å². The second kappa shape index (κ2) is 7.73. The molecule has 1 fully saturated rings. The zero-order valence-corrected chi connectivity index (χ0v) is 14.8. The molecule has 1 unspecified atom stereocenters. The van der Waals surface area contributed by atoms with Crippen molar-refractivity contribution >= 4 is 23.0 Å². The fourth-order valence-electron chi connectivity index (χ4n) is 2.40. The Morgan fingerprint density at radius 3 is 2.88 bits per heavy atom. The monoisotopic (exact) mass is 380 g/mol. The first-order valence-electron chi connectivity index (χ1n) is 8.03. The number of H-pyrrole nitrogens is 1. The fraction of sp³-hybridized carbons (Fsp3) is 0.375. The molecule has 26 heavy (non-hydrogen) atoms. The number of hydrogen-bond donors (Lipinski definition) is 3. The van der Waals surface area contributed by atoms with E-state index in [2.05, 4.69) is 25.5 Å². The van der Waals surface area contributed by atoms with Crippen LogP contribution in [0.4, 0.5) is 8.78 Å². The molecule has 2 aromatic rings. The Bertz CT molecular complexity index is 826. The first kappa shape index (κ1) is 18.2. The van der Waals surface area contributed by atoms with Gasteiger partial charge in [-0.05, 0) is 25.7 Å². The van der Waals surface area contributed by atoms with Gasteiger partial charge in [-0.2, -0.15) is 5.10 Å². The number of halogens is 2. The minimum atomic E-state index is -2.84. The Morgan fingerprint density at radius 1 is 1.54 bits per heavy atom. The molecule has 7 nitrogen and oxygen atoms in total. The van der Waals surface area contributed by atoms with Gasteiger partial charge in [0.2, 0.25) is 0 Å². The molecule has 1 amide bonds. The molecule has 10 heteroatoms. The van der Waals surface area contributed by atoms with Crippen LogP contribution in [0, 0.1) is 5.92 Å². The summed E-state index contributed by atoms with van der Waals surface area (Å²) in [5, 5.41) is 11.0. The molecular weight excluding hydrogens is 362 g/mol. The molecule has 2 heterocycles. The summed E-state index contributed by atoms with van der Waals surface area (Å²) in [5.74, 6) is -0.311. The first-order chi connectivity index (χ1) is 12.5. The Balaban J connectivity index is 1.75. The Hall–Kier alpha value is -2.62. The van der Waals surface area contributed by atoms with E-state index in [9.17, 15) is 13.6 Å². The molecule has 1 atom stereocenters. The van der Waals surface area contributed by atoms with E-state index in [0.717, 1.165) is 24.6 Å². The summed E-state index contributed by atoms with van der Waals surface area (Å²) in [5.41, 5.74) is 5.60. The minimum absolute atomic E-state index is 0.106. The van der Waals surface area contributed by atoms with Crippen LogP contribution in [0.15, 0.2) is 34.7 Å². The number of allylic oxidation sites excluding steroid dienone is 1. The van der Waals surface area contributed by atoms with Crippen LogP contribution in [0.1, 0.15) is 30.3 Å². The number of nitrogens with two attached hydrogens (primary N) is 1. The van der Waals surface area contributed by atoms with E-state index in [-0.39, 0.29) is 17.4 Å². The van der Waals surface area contributed by atoms with Crippen molar-refractivity contribution in [2.45, 2.75) is 32.2 Å². The molecule has 1 aliphatic carbocycles. The molecule has 138 valence electrons. The number of thiazole rings is 1. The van der Waals surface area contributed by atoms with Crippen LogP contribution < -0.4 is 11.1 Å². The molecule has 3 rings (SSSR count). The highest BCUT2D eigenvalue weighted by atomic mass is 32.1. The van der Waals surface area contributed by atoms with Crippen LogP contribution in [0.5, 0.6) is 0 Å². The average Bonchev–Trinajstić information content (AvgIpc) is 3.11. The van der Waals surface area contributed by atoms with Crippen molar-refractivity contribution in [3.05, 3.63) is 35.4 Å². The lowest BCUT2D eigenvalue weighted by Crippen LogP contribution is -2.32. The minimum Gasteiger partial charge on any atom is -0.403 e. The van der Waals surface area contributed by atoms with E-state index < -0.39 is 18.0 Å². The summed E-state index contributed by atoms with van der Waals surface area (Å²) in [6.07, 6.45) is 3.27. The van der Waals surface area contributed by atoms with Gasteiger partial charge in [-0.25, -0.2) is 13.8 Å². The molecule has 2 aromatic heterocycles. The third-order valence-electron chi connectivity index (χ3n) is 4.03. The zero-order valence-electron chi connectivity index (χ0n) is 13.9. The van der Waals surface area contributed by atoms with Gasteiger partial charge in [-0.3, -0.25) is 14.9 Å². The van der Waals surface area contributed by atoms with E-state index in [1.807, 2.05) is 0 Å². The number of nitrogens with zero attached hydrogens (tertiary/aromatic N) is 3. The summed E-state index contributed by atoms with van der Waals surface area (Å²) < 4.78 is 26.8. The Kier molecular flexibility index (Phi) is 5.40. The van der Waals surface area contributed by atoms with Crippen LogP contribution in [0.2, 0.25) is 0 Å². The average molecular weight is 380 g/mol. The molecule has 1 saturated carbocycles. The van der Waals surface area contributed by atoms with Crippen molar-refractivity contribution in [2.75, 3.05) is 0 Å². The summed E-state index contributed by atoms with van der Waals surface area (Å²) in [4.78, 5) is 20.6. The fourth-order valence-corrected chi connectivity index (χ4v) is 3.18. The summed E-state index contributed by atoms with van der Waals surface area (Å²) >= 11 is 1.25. The lowest BCUT2D eigenvalue weighted by atomic mass is 10.2. The molecule has 4 N–H and O–H groups in total. The molecule has 0 radical (unpaired) electrons. The number of aromatic amines is 1. The zero-order chi connectivity index (χ0) is 18.7. The number of aromatic nitrogens is 3.